The van der Waals surface area contributed by atoms with Gasteiger partial charge in [0.1, 0.15) is 0 Å². The second kappa shape index (κ2) is 9.35. The van der Waals surface area contributed by atoms with Crippen molar-refractivity contribution in [2.24, 2.45) is 11.8 Å². The summed E-state index contributed by atoms with van der Waals surface area (Å²) in [5, 5.41) is 0. The van der Waals surface area contributed by atoms with Gasteiger partial charge in [0.15, 0.2) is 0 Å². The highest BCUT2D eigenvalue weighted by atomic mass is 16.5. The number of benzene rings is 1. The molecular weight excluding hydrogens is 312 g/mol. The molecule has 2 aliphatic heterocycles. The van der Waals surface area contributed by atoms with Crippen molar-refractivity contribution in [2.75, 3.05) is 39.9 Å². The normalized spacial score (nSPS) is 23.6. The monoisotopic (exact) mass is 344 g/mol. The zero-order valence-electron chi connectivity index (χ0n) is 15.5. The van der Waals surface area contributed by atoms with E-state index in [1.165, 1.54) is 12.0 Å². The Bertz CT molecular complexity index is 526. The molecule has 1 amide bonds. The van der Waals surface area contributed by atoms with Gasteiger partial charge in [0.2, 0.25) is 5.91 Å². The largest absolute Gasteiger partial charge is 0.383 e. The first-order valence-corrected chi connectivity index (χ1v) is 9.82. The van der Waals surface area contributed by atoms with Crippen LogP contribution in [-0.4, -0.2) is 55.6 Å². The van der Waals surface area contributed by atoms with Gasteiger partial charge in [-0.25, -0.2) is 0 Å². The van der Waals surface area contributed by atoms with Crippen LogP contribution >= 0.6 is 0 Å². The maximum Gasteiger partial charge on any atom is 0.226 e. The van der Waals surface area contributed by atoms with E-state index in [0.29, 0.717) is 11.8 Å². The van der Waals surface area contributed by atoms with Crippen LogP contribution in [-0.2, 0) is 16.1 Å². The molecule has 0 spiro atoms. The first-order chi connectivity index (χ1) is 12.3. The molecule has 3 rings (SSSR count). The van der Waals surface area contributed by atoms with Gasteiger partial charge in [0, 0.05) is 32.7 Å². The Morgan fingerprint density at radius 2 is 1.80 bits per heavy atom. The quantitative estimate of drug-likeness (QED) is 0.795. The average Bonchev–Trinajstić information content (AvgIpc) is 2.83. The first kappa shape index (κ1) is 18.4. The van der Waals surface area contributed by atoms with Crippen LogP contribution in [0.2, 0.25) is 0 Å². The molecule has 0 N–H and O–H groups in total. The molecule has 0 bridgehead atoms. The fourth-order valence-corrected chi connectivity index (χ4v) is 4.33. The lowest BCUT2D eigenvalue weighted by Crippen LogP contribution is -2.42. The number of amides is 1. The topological polar surface area (TPSA) is 32.8 Å². The van der Waals surface area contributed by atoms with E-state index in [1.807, 2.05) is 6.07 Å². The minimum absolute atomic E-state index is 0.232. The Labute approximate surface area is 152 Å². The third kappa shape index (κ3) is 5.05. The van der Waals surface area contributed by atoms with E-state index in [1.54, 1.807) is 7.11 Å². The molecule has 0 unspecified atom stereocenters. The summed E-state index contributed by atoms with van der Waals surface area (Å²) >= 11 is 0. The number of ether oxygens (including phenoxy) is 1. The van der Waals surface area contributed by atoms with Crippen molar-refractivity contribution in [3.63, 3.8) is 0 Å². The molecule has 1 atom stereocenters. The zero-order chi connectivity index (χ0) is 17.5. The third-order valence-corrected chi connectivity index (χ3v) is 5.85. The summed E-state index contributed by atoms with van der Waals surface area (Å²) in [6.45, 7) is 5.71. The van der Waals surface area contributed by atoms with E-state index in [0.717, 1.165) is 65.0 Å². The summed E-state index contributed by atoms with van der Waals surface area (Å²) in [7, 11) is 1.76. The Balaban J connectivity index is 1.58. The predicted molar refractivity (Wildman–Crippen MR) is 100 cm³/mol. The Morgan fingerprint density at radius 1 is 1.04 bits per heavy atom. The number of nitrogens with zero attached hydrogens (tertiary/aromatic N) is 2. The van der Waals surface area contributed by atoms with Crippen LogP contribution in [0.1, 0.15) is 37.7 Å². The van der Waals surface area contributed by atoms with E-state index in [-0.39, 0.29) is 5.92 Å². The number of likely N-dealkylation sites (tertiary alicyclic amines) is 2. The lowest BCUT2D eigenvalue weighted by Gasteiger charge is -2.36. The van der Waals surface area contributed by atoms with Crippen molar-refractivity contribution in [2.45, 2.75) is 38.6 Å². The SMILES string of the molecule is COCCN1CCC([C@@H]2CCCCN(Cc3ccccc3)C2=O)CC1. The lowest BCUT2D eigenvalue weighted by molar-refractivity contribution is -0.138. The Morgan fingerprint density at radius 3 is 2.52 bits per heavy atom. The molecule has 0 aromatic heterocycles. The van der Waals surface area contributed by atoms with Crippen LogP contribution in [0.4, 0.5) is 0 Å². The smallest absolute Gasteiger partial charge is 0.226 e. The van der Waals surface area contributed by atoms with Crippen LogP contribution < -0.4 is 0 Å². The summed E-state index contributed by atoms with van der Waals surface area (Å²) in [4.78, 5) is 17.8. The molecule has 25 heavy (non-hydrogen) atoms. The minimum Gasteiger partial charge on any atom is -0.383 e. The average molecular weight is 344 g/mol. The molecule has 0 saturated carbocycles. The molecule has 2 aliphatic rings. The van der Waals surface area contributed by atoms with E-state index < -0.39 is 0 Å². The number of methoxy groups -OCH3 is 1. The van der Waals surface area contributed by atoms with Crippen LogP contribution in [0.25, 0.3) is 0 Å². The van der Waals surface area contributed by atoms with Crippen LogP contribution in [0.3, 0.4) is 0 Å². The van der Waals surface area contributed by atoms with Gasteiger partial charge < -0.3 is 14.5 Å². The highest BCUT2D eigenvalue weighted by Crippen LogP contribution is 2.32. The number of carbonyl (C=O) groups excluding carboxylic acids is 1. The van der Waals surface area contributed by atoms with E-state index in [4.69, 9.17) is 4.74 Å². The summed E-state index contributed by atoms with van der Waals surface area (Å²) in [5.74, 6) is 1.19. The highest BCUT2D eigenvalue weighted by molar-refractivity contribution is 5.79. The molecule has 0 radical (unpaired) electrons. The van der Waals surface area contributed by atoms with Gasteiger partial charge in [-0.15, -0.1) is 0 Å². The van der Waals surface area contributed by atoms with Crippen molar-refractivity contribution < 1.29 is 9.53 Å². The molecule has 1 aromatic carbocycles. The van der Waals surface area contributed by atoms with Gasteiger partial charge in [-0.05, 0) is 50.3 Å². The lowest BCUT2D eigenvalue weighted by atomic mass is 9.81. The predicted octanol–water partition coefficient (Wildman–Crippen LogP) is 3.17. The highest BCUT2D eigenvalue weighted by Gasteiger charge is 2.34. The number of rotatable bonds is 6. The maximum absolute atomic E-state index is 13.2. The first-order valence-electron chi connectivity index (χ1n) is 9.82. The molecule has 2 fully saturated rings. The van der Waals surface area contributed by atoms with Crippen LogP contribution in [0.5, 0.6) is 0 Å². The maximum atomic E-state index is 13.2. The molecule has 2 heterocycles. The van der Waals surface area contributed by atoms with Gasteiger partial charge in [0.25, 0.3) is 0 Å². The molecule has 2 saturated heterocycles. The fraction of sp³-hybridized carbons (Fsp3) is 0.667. The molecule has 1 aromatic rings. The summed E-state index contributed by atoms with van der Waals surface area (Å²) < 4.78 is 5.19. The second-order valence-electron chi connectivity index (χ2n) is 7.52. The molecule has 4 nitrogen and oxygen atoms in total. The van der Waals surface area contributed by atoms with Crippen molar-refractivity contribution in [3.8, 4) is 0 Å². The van der Waals surface area contributed by atoms with E-state index in [2.05, 4.69) is 34.1 Å². The van der Waals surface area contributed by atoms with Crippen LogP contribution in [0, 0.1) is 11.8 Å². The van der Waals surface area contributed by atoms with Gasteiger partial charge >= 0.3 is 0 Å². The van der Waals surface area contributed by atoms with Gasteiger partial charge in [-0.1, -0.05) is 36.8 Å². The molecule has 4 heteroatoms. The third-order valence-electron chi connectivity index (χ3n) is 5.85. The fourth-order valence-electron chi connectivity index (χ4n) is 4.33. The Kier molecular flexibility index (Phi) is 6.88. The second-order valence-corrected chi connectivity index (χ2v) is 7.52. The van der Waals surface area contributed by atoms with Crippen molar-refractivity contribution in [3.05, 3.63) is 35.9 Å². The summed E-state index contributed by atoms with van der Waals surface area (Å²) in [5.41, 5.74) is 1.24. The van der Waals surface area contributed by atoms with Gasteiger partial charge in [-0.3, -0.25) is 4.79 Å². The number of hydrogen-bond donors (Lipinski definition) is 0. The number of hydrogen-bond acceptors (Lipinski definition) is 3. The minimum atomic E-state index is 0.232. The van der Waals surface area contributed by atoms with Crippen molar-refractivity contribution >= 4 is 5.91 Å². The number of piperidine rings is 1. The molecule has 138 valence electrons. The Hall–Kier alpha value is -1.39. The van der Waals surface area contributed by atoms with Gasteiger partial charge in [0.05, 0.1) is 6.61 Å². The summed E-state index contributed by atoms with van der Waals surface area (Å²) in [6, 6.07) is 10.4. The van der Waals surface area contributed by atoms with Crippen molar-refractivity contribution in [1.82, 2.24) is 9.80 Å². The van der Waals surface area contributed by atoms with E-state index in [9.17, 15) is 4.79 Å². The van der Waals surface area contributed by atoms with E-state index >= 15 is 0 Å². The van der Waals surface area contributed by atoms with Gasteiger partial charge in [-0.2, -0.15) is 0 Å². The summed E-state index contributed by atoms with van der Waals surface area (Å²) in [6.07, 6.45) is 5.71. The van der Waals surface area contributed by atoms with Crippen molar-refractivity contribution in [1.29, 1.82) is 0 Å². The number of carbonyl (C=O) groups is 1. The molecular formula is C21H32N2O2. The zero-order valence-corrected chi connectivity index (χ0v) is 15.5. The van der Waals surface area contributed by atoms with Crippen LogP contribution in [0.15, 0.2) is 30.3 Å². The standard InChI is InChI=1S/C21H32N2O2/c1-25-16-15-22-13-10-19(11-14-22)20-9-5-6-12-23(21(20)24)17-18-7-3-2-4-8-18/h2-4,7-8,19-20H,5-6,9-17H2,1H3/t20-/m0/s1. The molecule has 0 aliphatic carbocycles.